The molecule has 0 saturated carbocycles. The van der Waals surface area contributed by atoms with Crippen LogP contribution in [0.25, 0.3) is 0 Å². The molecule has 3 rings (SSSR count). The van der Waals surface area contributed by atoms with Crippen LogP contribution in [0.3, 0.4) is 0 Å². The van der Waals surface area contributed by atoms with Gasteiger partial charge in [-0.05, 0) is 36.8 Å². The van der Waals surface area contributed by atoms with E-state index in [-0.39, 0.29) is 17.5 Å². The molecular formula is C19H16N2O5. The Morgan fingerprint density at radius 1 is 1.00 bits per heavy atom. The normalized spacial score (nSPS) is 14.1. The van der Waals surface area contributed by atoms with Crippen LogP contribution in [0, 0.1) is 0 Å². The average molecular weight is 352 g/mol. The SMILES string of the molecule is CC(C(=O)Nc1ccc(CC(=O)O)cc1)N1C(=O)c2ccccc2C1=O. The van der Waals surface area contributed by atoms with Crippen LogP contribution in [-0.2, 0) is 16.0 Å². The van der Waals surface area contributed by atoms with E-state index in [2.05, 4.69) is 5.32 Å². The summed E-state index contributed by atoms with van der Waals surface area (Å²) in [5.74, 6) is -2.44. The van der Waals surface area contributed by atoms with E-state index in [9.17, 15) is 19.2 Å². The summed E-state index contributed by atoms with van der Waals surface area (Å²) in [6, 6.07) is 11.8. The van der Waals surface area contributed by atoms with Gasteiger partial charge in [0.2, 0.25) is 5.91 Å². The Morgan fingerprint density at radius 3 is 2.04 bits per heavy atom. The maximum Gasteiger partial charge on any atom is 0.307 e. The van der Waals surface area contributed by atoms with Crippen LogP contribution in [0.2, 0.25) is 0 Å². The van der Waals surface area contributed by atoms with Gasteiger partial charge in [0.1, 0.15) is 6.04 Å². The molecule has 1 aliphatic heterocycles. The molecule has 26 heavy (non-hydrogen) atoms. The van der Waals surface area contributed by atoms with Crippen molar-refractivity contribution in [2.75, 3.05) is 5.32 Å². The maximum atomic E-state index is 12.5. The zero-order valence-electron chi connectivity index (χ0n) is 13.9. The van der Waals surface area contributed by atoms with E-state index < -0.39 is 29.7 Å². The van der Waals surface area contributed by atoms with Crippen LogP contribution in [0.4, 0.5) is 5.69 Å². The van der Waals surface area contributed by atoms with Crippen LogP contribution in [-0.4, -0.2) is 39.7 Å². The summed E-state index contributed by atoms with van der Waals surface area (Å²) >= 11 is 0. The van der Waals surface area contributed by atoms with Crippen molar-refractivity contribution < 1.29 is 24.3 Å². The number of nitrogens with zero attached hydrogens (tertiary/aromatic N) is 1. The Labute approximate surface area is 149 Å². The lowest BCUT2D eigenvalue weighted by atomic mass is 10.1. The lowest BCUT2D eigenvalue weighted by Crippen LogP contribution is -2.45. The maximum absolute atomic E-state index is 12.5. The molecule has 7 nitrogen and oxygen atoms in total. The van der Waals surface area contributed by atoms with Crippen LogP contribution in [0.1, 0.15) is 33.2 Å². The number of hydrogen-bond donors (Lipinski definition) is 2. The molecule has 132 valence electrons. The Hall–Kier alpha value is -3.48. The zero-order valence-corrected chi connectivity index (χ0v) is 13.9. The summed E-state index contributed by atoms with van der Waals surface area (Å²) in [6.45, 7) is 1.48. The fourth-order valence-corrected chi connectivity index (χ4v) is 2.80. The third-order valence-corrected chi connectivity index (χ3v) is 4.17. The van der Waals surface area contributed by atoms with Crippen LogP contribution < -0.4 is 5.32 Å². The molecule has 0 aliphatic carbocycles. The number of fused-ring (bicyclic) bond motifs is 1. The number of nitrogens with one attached hydrogen (secondary N) is 1. The topological polar surface area (TPSA) is 104 Å². The van der Waals surface area contributed by atoms with Gasteiger partial charge in [-0.25, -0.2) is 0 Å². The predicted molar refractivity (Wildman–Crippen MR) is 92.8 cm³/mol. The van der Waals surface area contributed by atoms with Gasteiger partial charge in [0.15, 0.2) is 0 Å². The molecule has 2 aromatic carbocycles. The van der Waals surface area contributed by atoms with Crippen molar-refractivity contribution in [1.82, 2.24) is 4.90 Å². The number of hydrogen-bond acceptors (Lipinski definition) is 4. The van der Waals surface area contributed by atoms with Crippen LogP contribution in [0.5, 0.6) is 0 Å². The lowest BCUT2D eigenvalue weighted by molar-refractivity contribution is -0.136. The molecule has 1 atom stereocenters. The van der Waals surface area contributed by atoms with Crippen LogP contribution in [0.15, 0.2) is 48.5 Å². The summed E-state index contributed by atoms with van der Waals surface area (Å²) in [5.41, 5.74) is 1.63. The molecule has 0 bridgehead atoms. The number of aliphatic carboxylic acids is 1. The highest BCUT2D eigenvalue weighted by atomic mass is 16.4. The number of carbonyl (C=O) groups excluding carboxylic acids is 3. The number of amides is 3. The van der Waals surface area contributed by atoms with Gasteiger partial charge in [-0.1, -0.05) is 24.3 Å². The molecule has 0 radical (unpaired) electrons. The van der Waals surface area contributed by atoms with Gasteiger partial charge in [0.05, 0.1) is 17.5 Å². The lowest BCUT2D eigenvalue weighted by Gasteiger charge is -2.21. The first kappa shape index (κ1) is 17.3. The van der Waals surface area contributed by atoms with Gasteiger partial charge < -0.3 is 10.4 Å². The van der Waals surface area contributed by atoms with E-state index in [4.69, 9.17) is 5.11 Å². The van der Waals surface area contributed by atoms with Gasteiger partial charge in [-0.15, -0.1) is 0 Å². The third kappa shape index (κ3) is 3.19. The number of anilines is 1. The number of carboxylic acids is 1. The molecule has 0 fully saturated rings. The van der Waals surface area contributed by atoms with E-state index in [1.54, 1.807) is 48.5 Å². The number of benzene rings is 2. The van der Waals surface area contributed by atoms with E-state index in [1.807, 2.05) is 0 Å². The summed E-state index contributed by atoms with van der Waals surface area (Å²) < 4.78 is 0. The third-order valence-electron chi connectivity index (χ3n) is 4.17. The average Bonchev–Trinajstić information content (AvgIpc) is 2.87. The number of carbonyl (C=O) groups is 4. The minimum absolute atomic E-state index is 0.111. The van der Waals surface area contributed by atoms with E-state index in [0.29, 0.717) is 11.3 Å². The van der Waals surface area contributed by atoms with Gasteiger partial charge in [0, 0.05) is 5.69 Å². The summed E-state index contributed by atoms with van der Waals surface area (Å²) in [5, 5.41) is 11.4. The fraction of sp³-hybridized carbons (Fsp3) is 0.158. The van der Waals surface area contributed by atoms with E-state index in [1.165, 1.54) is 6.92 Å². The Bertz CT molecular complexity index is 869. The Morgan fingerprint density at radius 2 is 1.54 bits per heavy atom. The molecule has 1 unspecified atom stereocenters. The van der Waals surface area contributed by atoms with Crippen molar-refractivity contribution in [2.24, 2.45) is 0 Å². The second kappa shape index (κ2) is 6.79. The van der Waals surface area contributed by atoms with Gasteiger partial charge in [0.25, 0.3) is 11.8 Å². The summed E-state index contributed by atoms with van der Waals surface area (Å²) in [6.07, 6.45) is -0.111. The quantitative estimate of drug-likeness (QED) is 0.800. The molecular weight excluding hydrogens is 336 g/mol. The molecule has 3 amide bonds. The molecule has 0 spiro atoms. The Kier molecular flexibility index (Phi) is 4.53. The molecule has 0 saturated heterocycles. The second-order valence-electron chi connectivity index (χ2n) is 5.96. The van der Waals surface area contributed by atoms with Gasteiger partial charge >= 0.3 is 5.97 Å². The highest BCUT2D eigenvalue weighted by Gasteiger charge is 2.40. The number of rotatable bonds is 5. The molecule has 7 heteroatoms. The second-order valence-corrected chi connectivity index (χ2v) is 5.96. The minimum Gasteiger partial charge on any atom is -0.481 e. The molecule has 1 aliphatic rings. The minimum atomic E-state index is -0.985. The first-order valence-electron chi connectivity index (χ1n) is 7.97. The largest absolute Gasteiger partial charge is 0.481 e. The predicted octanol–water partition coefficient (Wildman–Crippen LogP) is 1.94. The standard InChI is InChI=1S/C19H16N2O5/c1-11(21-18(25)14-4-2-3-5-15(14)19(21)26)17(24)20-13-8-6-12(7-9-13)10-16(22)23/h2-9,11H,10H2,1H3,(H,20,24)(H,22,23). The highest BCUT2D eigenvalue weighted by Crippen LogP contribution is 2.25. The summed E-state index contributed by atoms with van der Waals surface area (Å²) in [4.78, 5) is 48.9. The first-order valence-corrected chi connectivity index (χ1v) is 7.97. The molecule has 0 aromatic heterocycles. The fourth-order valence-electron chi connectivity index (χ4n) is 2.80. The molecule has 1 heterocycles. The van der Waals surface area contributed by atoms with Crippen molar-refractivity contribution in [3.63, 3.8) is 0 Å². The summed E-state index contributed by atoms with van der Waals surface area (Å²) in [7, 11) is 0. The Balaban J connectivity index is 1.72. The van der Waals surface area contributed by atoms with Crippen molar-refractivity contribution in [1.29, 1.82) is 0 Å². The van der Waals surface area contributed by atoms with Crippen molar-refractivity contribution in [3.05, 3.63) is 65.2 Å². The molecule has 2 N–H and O–H groups in total. The highest BCUT2D eigenvalue weighted by molar-refractivity contribution is 6.23. The first-order chi connectivity index (χ1) is 12.4. The van der Waals surface area contributed by atoms with Crippen molar-refractivity contribution in [3.8, 4) is 0 Å². The zero-order chi connectivity index (χ0) is 18.8. The van der Waals surface area contributed by atoms with E-state index >= 15 is 0 Å². The number of imide groups is 1. The monoisotopic (exact) mass is 352 g/mol. The smallest absolute Gasteiger partial charge is 0.307 e. The number of carboxylic acid groups (broad SMARTS) is 1. The molecule has 2 aromatic rings. The van der Waals surface area contributed by atoms with Crippen LogP contribution >= 0.6 is 0 Å². The van der Waals surface area contributed by atoms with Crippen molar-refractivity contribution in [2.45, 2.75) is 19.4 Å². The van der Waals surface area contributed by atoms with E-state index in [0.717, 1.165) is 4.90 Å². The van der Waals surface area contributed by atoms with Crippen molar-refractivity contribution >= 4 is 29.4 Å². The van der Waals surface area contributed by atoms with Gasteiger partial charge in [-0.2, -0.15) is 0 Å². The van der Waals surface area contributed by atoms with Gasteiger partial charge in [-0.3, -0.25) is 24.1 Å².